The highest BCUT2D eigenvalue weighted by Gasteiger charge is 2.22. The first kappa shape index (κ1) is 6.96. The fraction of sp³-hybridized carbons (Fsp3) is 1.00. The summed E-state index contributed by atoms with van der Waals surface area (Å²) in [4.78, 5) is 0. The van der Waals surface area contributed by atoms with Crippen LogP contribution in [-0.2, 0) is 0 Å². The molecule has 0 bridgehead atoms. The van der Waals surface area contributed by atoms with Crippen LogP contribution in [0.1, 0.15) is 25.7 Å². The number of nitrogens with one attached hydrogen (secondary N) is 1. The average molecular weight is 132 g/mol. The highest BCUT2D eigenvalue weighted by atomic mass is 19.1. The molecular weight excluding hydrogens is 119 g/mol. The molecule has 0 spiro atoms. The third kappa shape index (κ3) is 1.63. The van der Waals surface area contributed by atoms with Crippen molar-refractivity contribution in [1.82, 2.24) is 5.43 Å². The van der Waals surface area contributed by atoms with Gasteiger partial charge in [-0.15, -0.1) is 0 Å². The molecule has 0 heterocycles. The van der Waals surface area contributed by atoms with Gasteiger partial charge in [-0.2, -0.15) is 0 Å². The lowest BCUT2D eigenvalue weighted by molar-refractivity contribution is 0.190. The minimum Gasteiger partial charge on any atom is -0.271 e. The minimum atomic E-state index is -0.719. The molecule has 1 saturated carbocycles. The van der Waals surface area contributed by atoms with Crippen LogP contribution >= 0.6 is 0 Å². The van der Waals surface area contributed by atoms with Crippen molar-refractivity contribution in [3.05, 3.63) is 0 Å². The van der Waals surface area contributed by atoms with E-state index in [4.69, 9.17) is 5.84 Å². The smallest absolute Gasteiger partial charge is 0.117 e. The highest BCUT2D eigenvalue weighted by molar-refractivity contribution is 4.78. The molecule has 0 amide bonds. The van der Waals surface area contributed by atoms with Crippen molar-refractivity contribution in [1.29, 1.82) is 0 Å². The summed E-state index contributed by atoms with van der Waals surface area (Å²) < 4.78 is 12.7. The van der Waals surface area contributed by atoms with Crippen molar-refractivity contribution >= 4 is 0 Å². The zero-order valence-electron chi connectivity index (χ0n) is 5.44. The van der Waals surface area contributed by atoms with Gasteiger partial charge < -0.3 is 0 Å². The molecule has 1 fully saturated rings. The van der Waals surface area contributed by atoms with Crippen LogP contribution in [-0.4, -0.2) is 12.2 Å². The Balaban J connectivity index is 2.30. The van der Waals surface area contributed by atoms with Crippen LogP contribution in [0, 0.1) is 0 Å². The van der Waals surface area contributed by atoms with Gasteiger partial charge in [-0.3, -0.25) is 11.3 Å². The van der Waals surface area contributed by atoms with E-state index in [0.29, 0.717) is 6.42 Å². The molecule has 3 N–H and O–H groups in total. The predicted octanol–water partition coefficient (Wildman–Crippen LogP) is 0.730. The zero-order valence-corrected chi connectivity index (χ0v) is 5.44. The maximum absolute atomic E-state index is 12.7. The van der Waals surface area contributed by atoms with Crippen molar-refractivity contribution < 1.29 is 4.39 Å². The van der Waals surface area contributed by atoms with Gasteiger partial charge in [0.05, 0.1) is 6.04 Å². The second kappa shape index (κ2) is 3.13. The lowest BCUT2D eigenvalue weighted by Gasteiger charge is -2.24. The number of hydrogen-bond donors (Lipinski definition) is 2. The third-order valence-electron chi connectivity index (χ3n) is 1.90. The summed E-state index contributed by atoms with van der Waals surface area (Å²) in [6.07, 6.45) is 2.96. The maximum atomic E-state index is 12.7. The largest absolute Gasteiger partial charge is 0.271 e. The van der Waals surface area contributed by atoms with E-state index in [1.807, 2.05) is 0 Å². The fourth-order valence-electron chi connectivity index (χ4n) is 1.27. The molecule has 9 heavy (non-hydrogen) atoms. The maximum Gasteiger partial charge on any atom is 0.117 e. The van der Waals surface area contributed by atoms with E-state index in [-0.39, 0.29) is 6.04 Å². The Morgan fingerprint density at radius 3 is 2.44 bits per heavy atom. The van der Waals surface area contributed by atoms with E-state index in [1.54, 1.807) is 0 Å². The Morgan fingerprint density at radius 1 is 1.33 bits per heavy atom. The quantitative estimate of drug-likeness (QED) is 0.407. The zero-order chi connectivity index (χ0) is 6.69. The second-order valence-electron chi connectivity index (χ2n) is 2.57. The average Bonchev–Trinajstić information content (AvgIpc) is 1.89. The highest BCUT2D eigenvalue weighted by Crippen LogP contribution is 2.20. The summed E-state index contributed by atoms with van der Waals surface area (Å²) in [6, 6.07) is -0.0845. The lowest BCUT2D eigenvalue weighted by atomic mass is 9.94. The predicted molar refractivity (Wildman–Crippen MR) is 34.5 cm³/mol. The second-order valence-corrected chi connectivity index (χ2v) is 2.57. The Labute approximate surface area is 54.6 Å². The molecule has 0 aliphatic heterocycles. The van der Waals surface area contributed by atoms with E-state index in [0.717, 1.165) is 19.3 Å². The minimum absolute atomic E-state index is 0.0845. The van der Waals surface area contributed by atoms with Gasteiger partial charge in [-0.25, -0.2) is 4.39 Å². The summed E-state index contributed by atoms with van der Waals surface area (Å²) in [6.45, 7) is 0. The molecule has 0 aromatic rings. The molecule has 1 aliphatic carbocycles. The molecule has 0 saturated heterocycles. The summed E-state index contributed by atoms with van der Waals surface area (Å²) >= 11 is 0. The molecule has 0 aromatic heterocycles. The van der Waals surface area contributed by atoms with Gasteiger partial charge in [-0.05, 0) is 12.8 Å². The van der Waals surface area contributed by atoms with Crippen molar-refractivity contribution in [2.45, 2.75) is 37.9 Å². The van der Waals surface area contributed by atoms with Crippen LogP contribution < -0.4 is 11.3 Å². The van der Waals surface area contributed by atoms with Crippen LogP contribution in [0.25, 0.3) is 0 Å². The topological polar surface area (TPSA) is 38.0 Å². The third-order valence-corrected chi connectivity index (χ3v) is 1.90. The van der Waals surface area contributed by atoms with Crippen molar-refractivity contribution in [2.75, 3.05) is 0 Å². The van der Waals surface area contributed by atoms with E-state index in [1.165, 1.54) is 0 Å². The summed E-state index contributed by atoms with van der Waals surface area (Å²) in [5.41, 5.74) is 2.48. The fourth-order valence-corrected chi connectivity index (χ4v) is 1.27. The molecule has 0 aromatic carbocycles. The molecular formula is C6H13FN2. The number of rotatable bonds is 1. The van der Waals surface area contributed by atoms with Crippen molar-refractivity contribution in [3.63, 3.8) is 0 Å². The van der Waals surface area contributed by atoms with Crippen LogP contribution in [0.2, 0.25) is 0 Å². The number of halogens is 1. The molecule has 54 valence electrons. The van der Waals surface area contributed by atoms with E-state index in [9.17, 15) is 4.39 Å². The van der Waals surface area contributed by atoms with E-state index >= 15 is 0 Å². The molecule has 2 atom stereocenters. The van der Waals surface area contributed by atoms with Gasteiger partial charge in [0.15, 0.2) is 0 Å². The monoisotopic (exact) mass is 132 g/mol. The van der Waals surface area contributed by atoms with Gasteiger partial charge in [0.1, 0.15) is 6.17 Å². The Kier molecular flexibility index (Phi) is 2.42. The van der Waals surface area contributed by atoms with Crippen LogP contribution in [0.4, 0.5) is 4.39 Å². The lowest BCUT2D eigenvalue weighted by Crippen LogP contribution is -2.43. The molecule has 0 radical (unpaired) electrons. The van der Waals surface area contributed by atoms with E-state index < -0.39 is 6.17 Å². The van der Waals surface area contributed by atoms with Gasteiger partial charge in [0.2, 0.25) is 0 Å². The summed E-state index contributed by atoms with van der Waals surface area (Å²) in [5, 5.41) is 0. The number of hydrogen-bond acceptors (Lipinski definition) is 2. The summed E-state index contributed by atoms with van der Waals surface area (Å²) in [7, 11) is 0. The molecule has 3 heteroatoms. The summed E-state index contributed by atoms with van der Waals surface area (Å²) in [5.74, 6) is 5.10. The first-order valence-corrected chi connectivity index (χ1v) is 3.45. The Morgan fingerprint density at radius 2 is 2.00 bits per heavy atom. The van der Waals surface area contributed by atoms with Crippen LogP contribution in [0.5, 0.6) is 0 Å². The van der Waals surface area contributed by atoms with E-state index in [2.05, 4.69) is 5.43 Å². The number of alkyl halides is 1. The van der Waals surface area contributed by atoms with Gasteiger partial charge >= 0.3 is 0 Å². The molecule has 1 rings (SSSR count). The first-order valence-electron chi connectivity index (χ1n) is 3.45. The normalized spacial score (nSPS) is 36.7. The van der Waals surface area contributed by atoms with Gasteiger partial charge in [0, 0.05) is 0 Å². The number of nitrogens with two attached hydrogens (primary N) is 1. The molecule has 1 aliphatic rings. The number of hydrazine groups is 1. The molecule has 2 nitrogen and oxygen atoms in total. The van der Waals surface area contributed by atoms with Gasteiger partial charge in [-0.1, -0.05) is 12.8 Å². The van der Waals surface area contributed by atoms with Gasteiger partial charge in [0.25, 0.3) is 0 Å². The standard InChI is InChI=1S/C6H13FN2/c7-5-3-1-2-4-6(5)9-8/h5-6,9H,1-4,8H2/t5-,6+/m0/s1. The molecule has 0 unspecified atom stereocenters. The van der Waals surface area contributed by atoms with Crippen LogP contribution in [0.15, 0.2) is 0 Å². The Hall–Kier alpha value is -0.150. The van der Waals surface area contributed by atoms with Crippen molar-refractivity contribution in [3.8, 4) is 0 Å². The first-order chi connectivity index (χ1) is 4.34. The van der Waals surface area contributed by atoms with Crippen LogP contribution in [0.3, 0.4) is 0 Å². The SMILES string of the molecule is NN[C@@H]1CCCC[C@@H]1F. The Bertz CT molecular complexity index is 87.1. The van der Waals surface area contributed by atoms with Crippen molar-refractivity contribution in [2.24, 2.45) is 5.84 Å².